The highest BCUT2D eigenvalue weighted by molar-refractivity contribution is 6.42. The fraction of sp³-hybridized carbons (Fsp3) is 0.391. The van der Waals surface area contributed by atoms with Crippen LogP contribution in [0.25, 0.3) is 0 Å². The van der Waals surface area contributed by atoms with Gasteiger partial charge in [-0.1, -0.05) is 35.7 Å². The van der Waals surface area contributed by atoms with E-state index in [-0.39, 0.29) is 12.2 Å². The van der Waals surface area contributed by atoms with Crippen LogP contribution < -0.4 is 5.32 Å². The summed E-state index contributed by atoms with van der Waals surface area (Å²) in [7, 11) is 0. The molecule has 0 amide bonds. The summed E-state index contributed by atoms with van der Waals surface area (Å²) in [5, 5.41) is 13.9. The van der Waals surface area contributed by atoms with Gasteiger partial charge in [0, 0.05) is 6.54 Å². The molecule has 1 atom stereocenters. The summed E-state index contributed by atoms with van der Waals surface area (Å²) < 4.78 is 11.4. The number of furan rings is 1. The largest absolute Gasteiger partial charge is 0.478 e. The highest BCUT2D eigenvalue weighted by Gasteiger charge is 2.32. The molecule has 9 heteroatoms. The minimum Gasteiger partial charge on any atom is -0.478 e. The zero-order valence-corrected chi connectivity index (χ0v) is 19.0. The van der Waals surface area contributed by atoms with Gasteiger partial charge in [-0.05, 0) is 55.8 Å². The van der Waals surface area contributed by atoms with Crippen molar-refractivity contribution in [2.45, 2.75) is 25.3 Å². The molecule has 1 aromatic heterocycles. The van der Waals surface area contributed by atoms with Crippen LogP contribution in [0.4, 0.5) is 0 Å². The highest BCUT2D eigenvalue weighted by Crippen LogP contribution is 2.35. The molecule has 2 aliphatic heterocycles. The predicted octanol–water partition coefficient (Wildman–Crippen LogP) is 4.52. The van der Waals surface area contributed by atoms with Gasteiger partial charge in [0.1, 0.15) is 6.04 Å². The van der Waals surface area contributed by atoms with Crippen molar-refractivity contribution < 1.29 is 19.1 Å². The van der Waals surface area contributed by atoms with Gasteiger partial charge < -0.3 is 24.5 Å². The van der Waals surface area contributed by atoms with Crippen molar-refractivity contribution in [1.82, 2.24) is 10.2 Å². The Morgan fingerprint density at radius 2 is 2.03 bits per heavy atom. The number of carboxylic acid groups (broad SMARTS) is 1. The number of aliphatic imine (C=N–C) groups is 1. The minimum atomic E-state index is -1.08. The topological polar surface area (TPSA) is 87.3 Å². The fourth-order valence-corrected chi connectivity index (χ4v) is 4.28. The normalized spacial score (nSPS) is 19.6. The molecule has 3 heterocycles. The number of likely N-dealkylation sites (tertiary alicyclic amines) is 1. The minimum absolute atomic E-state index is 0.108. The number of benzene rings is 1. The number of carboxylic acids is 1. The number of ether oxygens (including phenoxy) is 1. The van der Waals surface area contributed by atoms with Crippen LogP contribution in [-0.2, 0) is 9.53 Å². The Kier molecular flexibility index (Phi) is 7.52. The van der Waals surface area contributed by atoms with E-state index in [4.69, 9.17) is 32.4 Å². The van der Waals surface area contributed by atoms with E-state index < -0.39 is 12.0 Å². The van der Waals surface area contributed by atoms with Gasteiger partial charge in [-0.3, -0.25) is 4.99 Å². The lowest BCUT2D eigenvalue weighted by Gasteiger charge is -2.28. The summed E-state index contributed by atoms with van der Waals surface area (Å²) in [6, 6.07) is 7.73. The Labute approximate surface area is 196 Å². The Bertz CT molecular complexity index is 1010. The van der Waals surface area contributed by atoms with Gasteiger partial charge in [-0.15, -0.1) is 0 Å². The molecule has 1 fully saturated rings. The summed E-state index contributed by atoms with van der Waals surface area (Å²) in [5.74, 6) is -0.138. The van der Waals surface area contributed by atoms with Gasteiger partial charge in [0.25, 0.3) is 0 Å². The molecule has 0 bridgehead atoms. The van der Waals surface area contributed by atoms with Gasteiger partial charge in [0.05, 0.1) is 40.8 Å². The maximum absolute atomic E-state index is 12.3. The van der Waals surface area contributed by atoms with Crippen LogP contribution in [0.5, 0.6) is 0 Å². The van der Waals surface area contributed by atoms with E-state index in [2.05, 4.69) is 15.2 Å². The van der Waals surface area contributed by atoms with Gasteiger partial charge in [-0.25, -0.2) is 4.79 Å². The summed E-state index contributed by atoms with van der Waals surface area (Å²) in [5.41, 5.74) is 1.17. The molecule has 0 radical (unpaired) electrons. The van der Waals surface area contributed by atoms with Crippen molar-refractivity contribution in [3.05, 3.63) is 69.2 Å². The number of nitrogens with one attached hydrogen (secondary N) is 1. The van der Waals surface area contributed by atoms with Crippen molar-refractivity contribution in [1.29, 1.82) is 0 Å². The van der Waals surface area contributed by atoms with Crippen molar-refractivity contribution in [3.8, 4) is 0 Å². The molecule has 1 unspecified atom stereocenters. The van der Waals surface area contributed by atoms with Crippen LogP contribution in [0.15, 0.2) is 57.3 Å². The second-order valence-electron chi connectivity index (χ2n) is 7.81. The monoisotopic (exact) mass is 477 g/mol. The maximum Gasteiger partial charge on any atom is 0.335 e. The van der Waals surface area contributed by atoms with E-state index in [1.54, 1.807) is 36.6 Å². The van der Waals surface area contributed by atoms with Crippen LogP contribution in [0.3, 0.4) is 0 Å². The Morgan fingerprint density at radius 1 is 1.22 bits per heavy atom. The number of hydrogen-bond donors (Lipinski definition) is 2. The van der Waals surface area contributed by atoms with E-state index in [9.17, 15) is 9.90 Å². The van der Waals surface area contributed by atoms with E-state index in [0.29, 0.717) is 39.5 Å². The number of hydrogen-bond acceptors (Lipinski definition) is 6. The molecule has 2 aromatic rings. The maximum atomic E-state index is 12.3. The van der Waals surface area contributed by atoms with Crippen LogP contribution in [0.2, 0.25) is 10.0 Å². The molecule has 2 aliphatic rings. The van der Waals surface area contributed by atoms with Crippen LogP contribution in [0, 0.1) is 0 Å². The van der Waals surface area contributed by atoms with E-state index in [1.165, 1.54) is 19.3 Å². The third-order valence-corrected chi connectivity index (χ3v) is 6.36. The van der Waals surface area contributed by atoms with Crippen LogP contribution in [-0.4, -0.2) is 54.7 Å². The summed E-state index contributed by atoms with van der Waals surface area (Å²) in [4.78, 5) is 19.3. The molecule has 7 nitrogen and oxygen atoms in total. The molecule has 170 valence electrons. The molecule has 0 saturated carbocycles. The molecule has 2 N–H and O–H groups in total. The third kappa shape index (κ3) is 5.35. The molecule has 1 saturated heterocycles. The van der Waals surface area contributed by atoms with Gasteiger partial charge in [0.2, 0.25) is 0 Å². The standard InChI is InChI=1S/C23H25Cl2N3O4/c24-16-7-6-15(13-17(16)25)21-20(23(29)30)18(26-22(27-21)19-5-4-11-32-19)14-31-12-10-28-8-2-1-3-9-28/h4-7,11,13,21H,1-3,8-10,12,14H2,(H,26,27)(H,29,30). The summed E-state index contributed by atoms with van der Waals surface area (Å²) in [6.07, 6.45) is 5.24. The number of rotatable bonds is 8. The first-order valence-electron chi connectivity index (χ1n) is 10.6. The number of aliphatic carboxylic acids is 1. The van der Waals surface area contributed by atoms with E-state index in [1.807, 2.05) is 0 Å². The first-order valence-corrected chi connectivity index (χ1v) is 11.4. The van der Waals surface area contributed by atoms with Gasteiger partial charge in [-0.2, -0.15) is 0 Å². The van der Waals surface area contributed by atoms with Crippen molar-refractivity contribution >= 4 is 35.0 Å². The highest BCUT2D eigenvalue weighted by atomic mass is 35.5. The molecular formula is C23H25Cl2N3O4. The molecule has 0 spiro atoms. The average molecular weight is 478 g/mol. The fourth-order valence-electron chi connectivity index (χ4n) is 3.97. The second kappa shape index (κ2) is 10.5. The Balaban J connectivity index is 1.58. The lowest BCUT2D eigenvalue weighted by Crippen LogP contribution is -2.36. The zero-order valence-electron chi connectivity index (χ0n) is 17.5. The van der Waals surface area contributed by atoms with Crippen molar-refractivity contribution in [2.75, 3.05) is 32.8 Å². The SMILES string of the molecule is O=C(O)C1=C(COCCN2CCCCC2)NC(c2ccco2)=NC1c1ccc(Cl)c(Cl)c1. The van der Waals surface area contributed by atoms with Gasteiger partial charge >= 0.3 is 5.97 Å². The third-order valence-electron chi connectivity index (χ3n) is 5.62. The number of halogens is 2. The average Bonchev–Trinajstić information content (AvgIpc) is 3.33. The van der Waals surface area contributed by atoms with Crippen molar-refractivity contribution in [3.63, 3.8) is 0 Å². The lowest BCUT2D eigenvalue weighted by molar-refractivity contribution is -0.133. The van der Waals surface area contributed by atoms with Crippen LogP contribution >= 0.6 is 23.2 Å². The van der Waals surface area contributed by atoms with Crippen molar-refractivity contribution in [2.24, 2.45) is 4.99 Å². The molecule has 1 aromatic carbocycles. The van der Waals surface area contributed by atoms with Gasteiger partial charge in [0.15, 0.2) is 11.6 Å². The number of amidine groups is 1. The zero-order chi connectivity index (χ0) is 22.5. The number of carbonyl (C=O) groups is 1. The Hall–Kier alpha value is -2.32. The molecule has 32 heavy (non-hydrogen) atoms. The predicted molar refractivity (Wildman–Crippen MR) is 123 cm³/mol. The smallest absolute Gasteiger partial charge is 0.335 e. The molecule has 4 rings (SSSR count). The number of piperidine rings is 1. The number of nitrogens with zero attached hydrogens (tertiary/aromatic N) is 2. The summed E-state index contributed by atoms with van der Waals surface area (Å²) >= 11 is 12.3. The van der Waals surface area contributed by atoms with Crippen LogP contribution in [0.1, 0.15) is 36.6 Å². The van der Waals surface area contributed by atoms with E-state index >= 15 is 0 Å². The molecule has 0 aliphatic carbocycles. The lowest BCUT2D eigenvalue weighted by atomic mass is 9.95. The first kappa shape index (κ1) is 22.9. The molecular weight excluding hydrogens is 453 g/mol. The second-order valence-corrected chi connectivity index (χ2v) is 8.62. The van der Waals surface area contributed by atoms with E-state index in [0.717, 1.165) is 19.6 Å². The quantitative estimate of drug-likeness (QED) is 0.543. The Morgan fingerprint density at radius 3 is 2.72 bits per heavy atom. The first-order chi connectivity index (χ1) is 15.5. The summed E-state index contributed by atoms with van der Waals surface area (Å²) in [6.45, 7) is 3.62.